The molecule has 1 atom stereocenters. The second kappa shape index (κ2) is 5.52. The number of likely N-dealkylation sites (N-methyl/N-ethyl adjacent to an activating group) is 1. The number of hydrogen-bond donors (Lipinski definition) is 1. The summed E-state index contributed by atoms with van der Waals surface area (Å²) in [6.45, 7) is 2.54. The fourth-order valence-electron chi connectivity index (χ4n) is 1.63. The molecule has 2 N–H and O–H groups in total. The van der Waals surface area contributed by atoms with E-state index in [1.807, 2.05) is 7.05 Å². The van der Waals surface area contributed by atoms with Gasteiger partial charge in [0.15, 0.2) is 0 Å². The van der Waals surface area contributed by atoms with Gasteiger partial charge in [0.25, 0.3) is 0 Å². The molecule has 1 fully saturated rings. The second-order valence-electron chi connectivity index (χ2n) is 3.65. The van der Waals surface area contributed by atoms with Crippen molar-refractivity contribution >= 4 is 17.2 Å². The van der Waals surface area contributed by atoms with Crippen LogP contribution in [0.1, 0.15) is 19.3 Å². The number of rotatable bonds is 4. The molecule has 0 amide bonds. The maximum absolute atomic E-state index is 5.60. The lowest BCUT2D eigenvalue weighted by atomic mass is 10.1. The molecule has 13 heavy (non-hydrogen) atoms. The van der Waals surface area contributed by atoms with Crippen molar-refractivity contribution in [3.05, 3.63) is 0 Å². The molecule has 76 valence electrons. The lowest BCUT2D eigenvalue weighted by molar-refractivity contribution is 0.000771. The molecule has 0 aromatic carbocycles. The zero-order valence-electron chi connectivity index (χ0n) is 8.16. The zero-order chi connectivity index (χ0) is 9.68. The van der Waals surface area contributed by atoms with Gasteiger partial charge in [-0.3, -0.25) is 4.90 Å². The van der Waals surface area contributed by atoms with Crippen LogP contribution in [0.25, 0.3) is 0 Å². The van der Waals surface area contributed by atoms with E-state index in [4.69, 9.17) is 22.7 Å². The molecule has 1 unspecified atom stereocenters. The lowest BCUT2D eigenvalue weighted by Crippen LogP contribution is -2.37. The van der Waals surface area contributed by atoms with Gasteiger partial charge in [0, 0.05) is 19.7 Å². The molecular weight excluding hydrogens is 184 g/mol. The molecule has 1 aliphatic heterocycles. The molecule has 0 aromatic rings. The van der Waals surface area contributed by atoms with Gasteiger partial charge in [-0.15, -0.1) is 0 Å². The third-order valence-corrected chi connectivity index (χ3v) is 2.34. The van der Waals surface area contributed by atoms with Crippen molar-refractivity contribution in [1.29, 1.82) is 0 Å². The van der Waals surface area contributed by atoms with Crippen LogP contribution in [0.15, 0.2) is 0 Å². The maximum atomic E-state index is 5.60. The molecule has 0 radical (unpaired) electrons. The van der Waals surface area contributed by atoms with Crippen LogP contribution in [0, 0.1) is 0 Å². The Morgan fingerprint density at radius 3 is 2.92 bits per heavy atom. The topological polar surface area (TPSA) is 38.5 Å². The summed E-state index contributed by atoms with van der Waals surface area (Å²) in [6.07, 6.45) is 4.04. The van der Waals surface area contributed by atoms with E-state index in [2.05, 4.69) is 4.90 Å². The Morgan fingerprint density at radius 1 is 1.62 bits per heavy atom. The van der Waals surface area contributed by atoms with Crippen LogP contribution in [0.3, 0.4) is 0 Å². The normalized spacial score (nSPS) is 23.4. The summed E-state index contributed by atoms with van der Waals surface area (Å²) in [5.41, 5.74) is 5.45. The molecule has 1 rings (SSSR count). The Kier molecular flexibility index (Phi) is 4.62. The van der Waals surface area contributed by atoms with Crippen LogP contribution in [-0.4, -0.2) is 42.7 Å². The summed E-state index contributed by atoms with van der Waals surface area (Å²) < 4.78 is 5.60. The molecule has 0 saturated carbocycles. The molecular formula is C9H18N2OS. The molecule has 0 bridgehead atoms. The minimum absolute atomic E-state index is 0.382. The third-order valence-electron chi connectivity index (χ3n) is 2.22. The highest BCUT2D eigenvalue weighted by Gasteiger charge is 2.15. The minimum Gasteiger partial charge on any atom is -0.392 e. The van der Waals surface area contributed by atoms with E-state index in [9.17, 15) is 0 Å². The van der Waals surface area contributed by atoms with Crippen molar-refractivity contribution in [3.8, 4) is 0 Å². The van der Waals surface area contributed by atoms with Gasteiger partial charge in [-0.25, -0.2) is 0 Å². The summed E-state index contributed by atoms with van der Waals surface area (Å²) in [6, 6.07) is 0. The SMILES string of the molecule is CN(CC(N)=S)CC1CCCCO1. The van der Waals surface area contributed by atoms with Crippen LogP contribution in [-0.2, 0) is 4.74 Å². The molecule has 1 aliphatic rings. The highest BCUT2D eigenvalue weighted by Crippen LogP contribution is 2.13. The van der Waals surface area contributed by atoms with Crippen LogP contribution < -0.4 is 5.73 Å². The highest BCUT2D eigenvalue weighted by molar-refractivity contribution is 7.80. The molecule has 0 spiro atoms. The van der Waals surface area contributed by atoms with Crippen molar-refractivity contribution in [2.24, 2.45) is 5.73 Å². The van der Waals surface area contributed by atoms with Gasteiger partial charge in [0.05, 0.1) is 11.1 Å². The highest BCUT2D eigenvalue weighted by atomic mass is 32.1. The van der Waals surface area contributed by atoms with Gasteiger partial charge >= 0.3 is 0 Å². The molecule has 4 heteroatoms. The average Bonchev–Trinajstić information content (AvgIpc) is 2.04. The molecule has 0 aromatic heterocycles. The fraction of sp³-hybridized carbons (Fsp3) is 0.889. The predicted molar refractivity (Wildman–Crippen MR) is 57.9 cm³/mol. The quantitative estimate of drug-likeness (QED) is 0.684. The van der Waals surface area contributed by atoms with Crippen LogP contribution in [0.2, 0.25) is 0 Å². The third kappa shape index (κ3) is 4.55. The standard InChI is InChI=1S/C9H18N2OS/c1-11(7-9(10)13)6-8-4-2-3-5-12-8/h8H,2-7H2,1H3,(H2,10,13). The smallest absolute Gasteiger partial charge is 0.0869 e. The van der Waals surface area contributed by atoms with Crippen LogP contribution >= 0.6 is 12.2 Å². The van der Waals surface area contributed by atoms with Crippen LogP contribution in [0.4, 0.5) is 0 Å². The Morgan fingerprint density at radius 2 is 2.38 bits per heavy atom. The molecule has 0 aliphatic carbocycles. The summed E-state index contributed by atoms with van der Waals surface area (Å²) >= 11 is 4.83. The van der Waals surface area contributed by atoms with Crippen molar-refractivity contribution in [1.82, 2.24) is 4.90 Å². The minimum atomic E-state index is 0.382. The van der Waals surface area contributed by atoms with Gasteiger partial charge in [0.1, 0.15) is 0 Å². The first-order valence-corrected chi connectivity index (χ1v) is 5.18. The lowest BCUT2D eigenvalue weighted by Gasteiger charge is -2.26. The zero-order valence-corrected chi connectivity index (χ0v) is 8.98. The maximum Gasteiger partial charge on any atom is 0.0869 e. The first-order chi connectivity index (χ1) is 6.18. The predicted octanol–water partition coefficient (Wildman–Crippen LogP) is 0.773. The summed E-state index contributed by atoms with van der Waals surface area (Å²) in [4.78, 5) is 2.68. The van der Waals surface area contributed by atoms with Gasteiger partial charge < -0.3 is 10.5 Å². The number of nitrogens with two attached hydrogens (primary N) is 1. The molecule has 1 heterocycles. The van der Waals surface area contributed by atoms with E-state index in [1.165, 1.54) is 19.3 Å². The van der Waals surface area contributed by atoms with Crippen molar-refractivity contribution in [2.75, 3.05) is 26.7 Å². The summed E-state index contributed by atoms with van der Waals surface area (Å²) in [5, 5.41) is 0. The number of thiocarbonyl (C=S) groups is 1. The van der Waals surface area contributed by atoms with E-state index in [0.717, 1.165) is 13.2 Å². The van der Waals surface area contributed by atoms with E-state index in [0.29, 0.717) is 17.6 Å². The fourth-order valence-corrected chi connectivity index (χ4v) is 1.85. The number of nitrogens with zero attached hydrogens (tertiary/aromatic N) is 1. The Balaban J connectivity index is 2.18. The van der Waals surface area contributed by atoms with E-state index >= 15 is 0 Å². The van der Waals surface area contributed by atoms with Gasteiger partial charge in [-0.1, -0.05) is 12.2 Å². The molecule has 3 nitrogen and oxygen atoms in total. The Labute approximate surface area is 85.2 Å². The van der Waals surface area contributed by atoms with Gasteiger partial charge in [0.2, 0.25) is 0 Å². The summed E-state index contributed by atoms with van der Waals surface area (Å²) in [7, 11) is 2.02. The average molecular weight is 202 g/mol. The van der Waals surface area contributed by atoms with Crippen molar-refractivity contribution < 1.29 is 4.74 Å². The first-order valence-electron chi connectivity index (χ1n) is 4.77. The van der Waals surface area contributed by atoms with E-state index < -0.39 is 0 Å². The Bertz CT molecular complexity index is 169. The molecule has 1 saturated heterocycles. The Hall–Kier alpha value is -0.190. The monoisotopic (exact) mass is 202 g/mol. The van der Waals surface area contributed by atoms with Gasteiger partial charge in [-0.2, -0.15) is 0 Å². The number of ether oxygens (including phenoxy) is 1. The van der Waals surface area contributed by atoms with Crippen LogP contribution in [0.5, 0.6) is 0 Å². The van der Waals surface area contributed by atoms with E-state index in [1.54, 1.807) is 0 Å². The largest absolute Gasteiger partial charge is 0.392 e. The second-order valence-corrected chi connectivity index (χ2v) is 4.18. The van der Waals surface area contributed by atoms with E-state index in [-0.39, 0.29) is 0 Å². The first kappa shape index (κ1) is 10.9. The van der Waals surface area contributed by atoms with Gasteiger partial charge in [-0.05, 0) is 26.3 Å². The van der Waals surface area contributed by atoms with Crippen molar-refractivity contribution in [3.63, 3.8) is 0 Å². The summed E-state index contributed by atoms with van der Waals surface area (Å²) in [5.74, 6) is 0. The van der Waals surface area contributed by atoms with Crippen molar-refractivity contribution in [2.45, 2.75) is 25.4 Å². The number of hydrogen-bond acceptors (Lipinski definition) is 3.